The number of benzene rings is 2. The zero-order chi connectivity index (χ0) is 25.7. The van der Waals surface area contributed by atoms with Gasteiger partial charge in [0.1, 0.15) is 11.6 Å². The summed E-state index contributed by atoms with van der Waals surface area (Å²) in [6.45, 7) is 9.39. The maximum atomic E-state index is 13.7. The number of carbonyl (C=O) groups excluding carboxylic acids is 2. The van der Waals surface area contributed by atoms with Crippen molar-refractivity contribution in [3.05, 3.63) is 88.0 Å². The molecule has 35 heavy (non-hydrogen) atoms. The molecule has 0 amide bonds. The molecule has 2 unspecified atom stereocenters. The van der Waals surface area contributed by atoms with E-state index in [9.17, 15) is 14.0 Å². The molecule has 1 aliphatic heterocycles. The first-order valence-electron chi connectivity index (χ1n) is 12.1. The third-order valence-electron chi connectivity index (χ3n) is 6.18. The second-order valence-electron chi connectivity index (χ2n) is 8.80. The number of Topliss-reactive ketones (excluding diaryl/α,β-unsaturated/α-hetero) is 1. The lowest BCUT2D eigenvalue weighted by Gasteiger charge is -2.37. The van der Waals surface area contributed by atoms with Crippen LogP contribution in [-0.4, -0.2) is 25.0 Å². The van der Waals surface area contributed by atoms with E-state index in [0.29, 0.717) is 35.2 Å². The fourth-order valence-electron chi connectivity index (χ4n) is 4.69. The molecule has 0 saturated carbocycles. The number of methoxy groups -OCH3 is 1. The second kappa shape index (κ2) is 11.3. The molecule has 0 aromatic heterocycles. The fourth-order valence-corrected chi connectivity index (χ4v) is 4.69. The van der Waals surface area contributed by atoms with Gasteiger partial charge in [-0.3, -0.25) is 4.79 Å². The van der Waals surface area contributed by atoms with Crippen molar-refractivity contribution < 1.29 is 23.5 Å². The first-order chi connectivity index (χ1) is 16.8. The summed E-state index contributed by atoms with van der Waals surface area (Å²) in [6.07, 6.45) is 0.661. The van der Waals surface area contributed by atoms with E-state index in [4.69, 9.17) is 9.47 Å². The highest BCUT2D eigenvalue weighted by Crippen LogP contribution is 2.45. The van der Waals surface area contributed by atoms with E-state index in [0.717, 1.165) is 17.0 Å². The molecule has 2 aromatic carbocycles. The van der Waals surface area contributed by atoms with Crippen LogP contribution < -0.4 is 10.1 Å². The average molecular weight is 480 g/mol. The minimum absolute atomic E-state index is 0.0143. The number of ketones is 1. The van der Waals surface area contributed by atoms with Crippen LogP contribution in [-0.2, 0) is 14.3 Å². The van der Waals surface area contributed by atoms with Crippen LogP contribution in [0.15, 0.2) is 71.1 Å². The lowest BCUT2D eigenvalue weighted by molar-refractivity contribution is -0.143. The van der Waals surface area contributed by atoms with E-state index in [1.54, 1.807) is 33.1 Å². The van der Waals surface area contributed by atoms with E-state index in [1.807, 2.05) is 45.0 Å². The van der Waals surface area contributed by atoms with Crippen molar-refractivity contribution in [2.75, 3.05) is 7.11 Å². The number of hydrogen-bond acceptors (Lipinski definition) is 5. The normalized spacial score (nSPS) is 19.5. The summed E-state index contributed by atoms with van der Waals surface area (Å²) in [4.78, 5) is 26.6. The summed E-state index contributed by atoms with van der Waals surface area (Å²) in [6, 6.07) is 13.7. The molecule has 0 radical (unpaired) electrons. The molecule has 2 aliphatic rings. The molecule has 1 N–H and O–H groups in total. The lowest BCUT2D eigenvalue weighted by atomic mass is 9.71. The maximum Gasteiger partial charge on any atom is 0.337 e. The van der Waals surface area contributed by atoms with Gasteiger partial charge in [-0.2, -0.15) is 0 Å². The summed E-state index contributed by atoms with van der Waals surface area (Å²) in [5.41, 5.74) is 4.16. The molecule has 2 atom stereocenters. The van der Waals surface area contributed by atoms with E-state index >= 15 is 0 Å². The van der Waals surface area contributed by atoms with E-state index in [2.05, 4.69) is 5.32 Å². The van der Waals surface area contributed by atoms with E-state index < -0.39 is 11.9 Å². The molecule has 0 spiro atoms. The highest BCUT2D eigenvalue weighted by Gasteiger charge is 2.41. The molecule has 5 nitrogen and oxygen atoms in total. The summed E-state index contributed by atoms with van der Waals surface area (Å²) in [7, 11) is 1.62. The van der Waals surface area contributed by atoms with Crippen molar-refractivity contribution >= 4 is 11.8 Å². The van der Waals surface area contributed by atoms with Crippen LogP contribution in [0.3, 0.4) is 0 Å². The fraction of sp³-hybridized carbons (Fsp3) is 0.379. The Morgan fingerprint density at radius 1 is 1.00 bits per heavy atom. The van der Waals surface area contributed by atoms with Gasteiger partial charge in [0.15, 0.2) is 5.78 Å². The summed E-state index contributed by atoms with van der Waals surface area (Å²) in [5.74, 6) is -0.691. The highest BCUT2D eigenvalue weighted by atomic mass is 19.1. The largest absolute Gasteiger partial charge is 0.497 e. The predicted molar refractivity (Wildman–Crippen MR) is 135 cm³/mol. The first kappa shape index (κ1) is 26.2. The van der Waals surface area contributed by atoms with Gasteiger partial charge in [0.25, 0.3) is 0 Å². The van der Waals surface area contributed by atoms with Crippen LogP contribution >= 0.6 is 0 Å². The van der Waals surface area contributed by atoms with Crippen molar-refractivity contribution in [3.8, 4) is 5.75 Å². The van der Waals surface area contributed by atoms with Gasteiger partial charge in [-0.05, 0) is 68.5 Å². The Morgan fingerprint density at radius 2 is 1.60 bits per heavy atom. The number of hydrogen-bond donors (Lipinski definition) is 1. The van der Waals surface area contributed by atoms with Gasteiger partial charge in [-0.25, -0.2) is 9.18 Å². The van der Waals surface area contributed by atoms with Crippen LogP contribution in [0.2, 0.25) is 0 Å². The number of ether oxygens (including phenoxy) is 2. The third kappa shape index (κ3) is 5.64. The Balaban J connectivity index is 0.00000167. The molecule has 0 fully saturated rings. The number of halogens is 1. The zero-order valence-corrected chi connectivity index (χ0v) is 21.3. The summed E-state index contributed by atoms with van der Waals surface area (Å²) >= 11 is 0. The van der Waals surface area contributed by atoms with Crippen LogP contribution in [0.25, 0.3) is 0 Å². The molecule has 1 aliphatic carbocycles. The van der Waals surface area contributed by atoms with Gasteiger partial charge in [0.2, 0.25) is 0 Å². The maximum absolute atomic E-state index is 13.7. The Morgan fingerprint density at radius 3 is 2.17 bits per heavy atom. The minimum atomic E-state index is -0.600. The Hall–Kier alpha value is -3.41. The number of esters is 1. The Bertz CT molecular complexity index is 1130. The average Bonchev–Trinajstić information content (AvgIpc) is 2.84. The molecule has 186 valence electrons. The zero-order valence-electron chi connectivity index (χ0n) is 21.3. The lowest BCUT2D eigenvalue weighted by Crippen LogP contribution is -2.36. The second-order valence-corrected chi connectivity index (χ2v) is 8.80. The van der Waals surface area contributed by atoms with Crippen LogP contribution in [0, 0.1) is 5.82 Å². The monoisotopic (exact) mass is 479 g/mol. The number of nitrogens with one attached hydrogen (secondary N) is 1. The highest BCUT2D eigenvalue weighted by molar-refractivity contribution is 6.04. The quantitative estimate of drug-likeness (QED) is 0.519. The van der Waals surface area contributed by atoms with Gasteiger partial charge in [0.05, 0.1) is 18.8 Å². The van der Waals surface area contributed by atoms with Crippen molar-refractivity contribution in [1.82, 2.24) is 5.32 Å². The smallest absolute Gasteiger partial charge is 0.337 e. The van der Waals surface area contributed by atoms with Crippen molar-refractivity contribution in [3.63, 3.8) is 0 Å². The third-order valence-corrected chi connectivity index (χ3v) is 6.18. The minimum Gasteiger partial charge on any atom is -0.497 e. The van der Waals surface area contributed by atoms with Gasteiger partial charge < -0.3 is 14.8 Å². The Labute approximate surface area is 207 Å². The first-order valence-corrected chi connectivity index (χ1v) is 12.1. The topological polar surface area (TPSA) is 64.6 Å². The predicted octanol–water partition coefficient (Wildman–Crippen LogP) is 6.17. The van der Waals surface area contributed by atoms with Gasteiger partial charge >= 0.3 is 5.97 Å². The van der Waals surface area contributed by atoms with Crippen molar-refractivity contribution in [2.45, 2.75) is 65.4 Å². The van der Waals surface area contributed by atoms with Crippen molar-refractivity contribution in [1.29, 1.82) is 0 Å². The molecule has 0 bridgehead atoms. The van der Waals surface area contributed by atoms with Crippen LogP contribution in [0.5, 0.6) is 5.75 Å². The molecule has 4 rings (SSSR count). The molecular formula is C29H34FNO4. The van der Waals surface area contributed by atoms with Gasteiger partial charge in [0, 0.05) is 29.3 Å². The number of rotatable bonds is 5. The standard InChI is InChI=1S/C27H28FNO4.C2H6/c1-15(2)33-27(31)24-16(3)29-22-13-19(17-7-11-21(32-4)12-8-17)14-23(30)26(22)25(24)18-5-9-20(28)10-6-18;1-2/h5-12,15,19,25,29H,13-14H2,1-4H3;1-2H3. The summed E-state index contributed by atoms with van der Waals surface area (Å²) < 4.78 is 24.4. The number of allylic oxidation sites excluding steroid dienone is 3. The molecular weight excluding hydrogens is 445 g/mol. The SMILES string of the molecule is CC.COc1ccc(C2CC(=O)C3=C(C2)NC(C)=C(C(=O)OC(C)C)C3c2ccc(F)cc2)cc1. The number of carbonyl (C=O) groups is 2. The van der Waals surface area contributed by atoms with Crippen molar-refractivity contribution in [2.24, 2.45) is 0 Å². The Kier molecular flexibility index (Phi) is 8.49. The van der Waals surface area contributed by atoms with Gasteiger partial charge in [-0.15, -0.1) is 0 Å². The van der Waals surface area contributed by atoms with Crippen LogP contribution in [0.4, 0.5) is 4.39 Å². The van der Waals surface area contributed by atoms with E-state index in [-0.39, 0.29) is 23.6 Å². The van der Waals surface area contributed by atoms with Crippen LogP contribution in [0.1, 0.15) is 70.4 Å². The summed E-state index contributed by atoms with van der Waals surface area (Å²) in [5, 5.41) is 3.33. The van der Waals surface area contributed by atoms with E-state index in [1.165, 1.54) is 12.1 Å². The van der Waals surface area contributed by atoms with Gasteiger partial charge in [-0.1, -0.05) is 38.1 Å². The molecule has 1 heterocycles. The molecule has 2 aromatic rings. The molecule has 6 heteroatoms. The molecule has 0 saturated heterocycles. The number of dihydropyridines is 1.